The third-order valence-electron chi connectivity index (χ3n) is 5.38. The Kier molecular flexibility index (Phi) is 7.66. The zero-order chi connectivity index (χ0) is 23.1. The summed E-state index contributed by atoms with van der Waals surface area (Å²) in [4.78, 5) is 15.1. The van der Waals surface area contributed by atoms with Crippen LogP contribution in [0.25, 0.3) is 0 Å². The van der Waals surface area contributed by atoms with E-state index in [1.54, 1.807) is 24.3 Å². The average Bonchev–Trinajstić information content (AvgIpc) is 2.82. The van der Waals surface area contributed by atoms with Crippen LogP contribution in [0.1, 0.15) is 29.8 Å². The molecule has 6 nitrogen and oxygen atoms in total. The highest BCUT2D eigenvalue weighted by Gasteiger charge is 2.21. The van der Waals surface area contributed by atoms with Gasteiger partial charge in [-0.2, -0.15) is 0 Å². The van der Waals surface area contributed by atoms with E-state index in [2.05, 4.69) is 24.1 Å². The van der Waals surface area contributed by atoms with Crippen LogP contribution >= 0.6 is 0 Å². The standard InChI is InChI=1S/C25H29N3O3S/c1-4-28(5-2)19-20-10-9-11-22(18-20)26-25(29)21-14-16-24(17-15-21)32(30,31)27(3)23-12-7-6-8-13-23/h6-18H,4-5,19H2,1-3H3,(H,26,29). The van der Waals surface area contributed by atoms with Gasteiger partial charge in [0.05, 0.1) is 10.6 Å². The maximum atomic E-state index is 12.9. The monoisotopic (exact) mass is 451 g/mol. The molecule has 0 radical (unpaired) electrons. The highest BCUT2D eigenvalue weighted by Crippen LogP contribution is 2.22. The zero-order valence-corrected chi connectivity index (χ0v) is 19.5. The van der Waals surface area contributed by atoms with Gasteiger partial charge in [-0.05, 0) is 67.2 Å². The van der Waals surface area contributed by atoms with Crippen molar-refractivity contribution >= 4 is 27.3 Å². The van der Waals surface area contributed by atoms with Gasteiger partial charge in [-0.3, -0.25) is 14.0 Å². The smallest absolute Gasteiger partial charge is 0.264 e. The van der Waals surface area contributed by atoms with Gasteiger partial charge in [-0.15, -0.1) is 0 Å². The molecule has 0 aliphatic rings. The van der Waals surface area contributed by atoms with Crippen molar-refractivity contribution in [3.8, 4) is 0 Å². The number of hydrogen-bond donors (Lipinski definition) is 1. The summed E-state index contributed by atoms with van der Waals surface area (Å²) in [7, 11) is -2.21. The molecular weight excluding hydrogens is 422 g/mol. The summed E-state index contributed by atoms with van der Waals surface area (Å²) >= 11 is 0. The third kappa shape index (κ3) is 5.55. The highest BCUT2D eigenvalue weighted by atomic mass is 32.2. The Morgan fingerprint density at radius 1 is 0.875 bits per heavy atom. The summed E-state index contributed by atoms with van der Waals surface area (Å²) in [5, 5.41) is 2.90. The molecule has 0 saturated carbocycles. The fourth-order valence-corrected chi connectivity index (χ4v) is 4.56. The van der Waals surface area contributed by atoms with Crippen LogP contribution in [0.2, 0.25) is 0 Å². The molecule has 0 spiro atoms. The highest BCUT2D eigenvalue weighted by molar-refractivity contribution is 7.92. The normalized spacial score (nSPS) is 11.4. The van der Waals surface area contributed by atoms with E-state index in [9.17, 15) is 13.2 Å². The number of para-hydroxylation sites is 1. The van der Waals surface area contributed by atoms with Crippen LogP contribution in [-0.4, -0.2) is 39.4 Å². The van der Waals surface area contributed by atoms with E-state index < -0.39 is 10.0 Å². The minimum Gasteiger partial charge on any atom is -0.322 e. The molecule has 0 aliphatic heterocycles. The molecule has 32 heavy (non-hydrogen) atoms. The molecule has 0 aromatic heterocycles. The molecule has 0 fully saturated rings. The lowest BCUT2D eigenvalue weighted by Crippen LogP contribution is -2.26. The van der Waals surface area contributed by atoms with E-state index in [-0.39, 0.29) is 10.8 Å². The third-order valence-corrected chi connectivity index (χ3v) is 7.18. The molecule has 3 aromatic rings. The van der Waals surface area contributed by atoms with Crippen LogP contribution in [0.3, 0.4) is 0 Å². The number of carbonyl (C=O) groups excluding carboxylic acids is 1. The Morgan fingerprint density at radius 3 is 2.16 bits per heavy atom. The van der Waals surface area contributed by atoms with Crippen molar-refractivity contribution in [3.05, 3.63) is 90.0 Å². The lowest BCUT2D eigenvalue weighted by Gasteiger charge is -2.19. The van der Waals surface area contributed by atoms with E-state index in [0.717, 1.165) is 25.2 Å². The van der Waals surface area contributed by atoms with Gasteiger partial charge in [0, 0.05) is 24.8 Å². The van der Waals surface area contributed by atoms with Crippen LogP contribution in [0.4, 0.5) is 11.4 Å². The molecule has 168 valence electrons. The first-order valence-electron chi connectivity index (χ1n) is 10.6. The fraction of sp³-hybridized carbons (Fsp3) is 0.240. The number of nitrogens with one attached hydrogen (secondary N) is 1. The lowest BCUT2D eigenvalue weighted by molar-refractivity contribution is 0.102. The van der Waals surface area contributed by atoms with Gasteiger partial charge in [0.2, 0.25) is 0 Å². The van der Waals surface area contributed by atoms with Gasteiger partial charge >= 0.3 is 0 Å². The SMILES string of the molecule is CCN(CC)Cc1cccc(NC(=O)c2ccc(S(=O)(=O)N(C)c3ccccc3)cc2)c1. The molecule has 0 saturated heterocycles. The number of carbonyl (C=O) groups is 1. The van der Waals surface area contributed by atoms with Crippen molar-refractivity contribution in [2.24, 2.45) is 0 Å². The van der Waals surface area contributed by atoms with Gasteiger partial charge in [-0.1, -0.05) is 44.2 Å². The number of rotatable bonds is 9. The maximum Gasteiger partial charge on any atom is 0.264 e. The summed E-state index contributed by atoms with van der Waals surface area (Å²) in [6, 6.07) is 22.6. The quantitative estimate of drug-likeness (QED) is 0.516. The minimum atomic E-state index is -3.72. The van der Waals surface area contributed by atoms with Crippen molar-refractivity contribution in [3.63, 3.8) is 0 Å². The number of anilines is 2. The van der Waals surface area contributed by atoms with Crippen LogP contribution in [0.15, 0.2) is 83.8 Å². The van der Waals surface area contributed by atoms with Gasteiger partial charge in [0.1, 0.15) is 0 Å². The van der Waals surface area contributed by atoms with Gasteiger partial charge in [0.15, 0.2) is 0 Å². The molecule has 7 heteroatoms. The lowest BCUT2D eigenvalue weighted by atomic mass is 10.1. The van der Waals surface area contributed by atoms with E-state index in [0.29, 0.717) is 16.9 Å². The number of sulfonamides is 1. The van der Waals surface area contributed by atoms with Crippen molar-refractivity contribution in [1.29, 1.82) is 0 Å². The molecule has 1 N–H and O–H groups in total. The number of nitrogens with zero attached hydrogens (tertiary/aromatic N) is 2. The second-order valence-corrected chi connectivity index (χ2v) is 9.42. The first kappa shape index (κ1) is 23.5. The topological polar surface area (TPSA) is 69.7 Å². The second-order valence-electron chi connectivity index (χ2n) is 7.45. The average molecular weight is 452 g/mol. The fourth-order valence-electron chi connectivity index (χ4n) is 3.37. The van der Waals surface area contributed by atoms with Crippen molar-refractivity contribution in [2.75, 3.05) is 29.8 Å². The van der Waals surface area contributed by atoms with Crippen LogP contribution in [0.5, 0.6) is 0 Å². The first-order valence-corrected chi connectivity index (χ1v) is 12.1. The molecule has 0 heterocycles. The predicted molar refractivity (Wildman–Crippen MR) is 129 cm³/mol. The Bertz CT molecular complexity index is 1140. The van der Waals surface area contributed by atoms with Crippen LogP contribution < -0.4 is 9.62 Å². The molecule has 0 atom stereocenters. The Morgan fingerprint density at radius 2 is 1.53 bits per heavy atom. The maximum absolute atomic E-state index is 12.9. The largest absolute Gasteiger partial charge is 0.322 e. The van der Waals surface area contributed by atoms with Crippen molar-refractivity contribution < 1.29 is 13.2 Å². The van der Waals surface area contributed by atoms with Crippen molar-refractivity contribution in [2.45, 2.75) is 25.3 Å². The molecule has 1 amide bonds. The Hall–Kier alpha value is -3.16. The van der Waals surface area contributed by atoms with E-state index in [4.69, 9.17) is 0 Å². The molecule has 3 aromatic carbocycles. The molecule has 0 aliphatic carbocycles. The van der Waals surface area contributed by atoms with Crippen molar-refractivity contribution in [1.82, 2.24) is 4.90 Å². The zero-order valence-electron chi connectivity index (χ0n) is 18.7. The molecule has 3 rings (SSSR count). The molecule has 0 unspecified atom stereocenters. The van der Waals surface area contributed by atoms with Crippen LogP contribution in [0, 0.1) is 0 Å². The predicted octanol–water partition coefficient (Wildman–Crippen LogP) is 4.61. The Labute approximate surface area is 190 Å². The number of hydrogen-bond acceptors (Lipinski definition) is 4. The summed E-state index contributed by atoms with van der Waals surface area (Å²) in [6.45, 7) is 6.98. The molecule has 0 bridgehead atoms. The van der Waals surface area contributed by atoms with Crippen LogP contribution in [-0.2, 0) is 16.6 Å². The summed E-state index contributed by atoms with van der Waals surface area (Å²) in [5.41, 5.74) is 2.79. The summed E-state index contributed by atoms with van der Waals surface area (Å²) < 4.78 is 27.0. The molecular formula is C25H29N3O3S. The minimum absolute atomic E-state index is 0.127. The van der Waals surface area contributed by atoms with E-state index in [1.807, 2.05) is 30.3 Å². The first-order chi connectivity index (χ1) is 15.3. The van der Waals surface area contributed by atoms with Gasteiger partial charge in [-0.25, -0.2) is 8.42 Å². The number of benzene rings is 3. The number of amides is 1. The van der Waals surface area contributed by atoms with E-state index in [1.165, 1.54) is 35.6 Å². The van der Waals surface area contributed by atoms with E-state index >= 15 is 0 Å². The second kappa shape index (κ2) is 10.4. The summed E-state index contributed by atoms with van der Waals surface area (Å²) in [6.07, 6.45) is 0. The van der Waals surface area contributed by atoms with Gasteiger partial charge in [0.25, 0.3) is 15.9 Å². The summed E-state index contributed by atoms with van der Waals surface area (Å²) in [5.74, 6) is -0.287. The van der Waals surface area contributed by atoms with Gasteiger partial charge < -0.3 is 5.32 Å². The Balaban J connectivity index is 1.72.